The van der Waals surface area contributed by atoms with E-state index in [9.17, 15) is 8.42 Å². The second-order valence-corrected chi connectivity index (χ2v) is 9.31. The number of sulfone groups is 1. The minimum atomic E-state index is -3.33. The topological polar surface area (TPSA) is 55.2 Å². The van der Waals surface area contributed by atoms with Gasteiger partial charge in [-0.15, -0.1) is 0 Å². The standard InChI is InChI=1S/C20H29N3O2S/c1-3-26(24,25)20-21-15-19(16-22-13-8-7-9-17(22)2)23(20)14-12-18-10-5-4-6-11-18/h4-6,10-11,15,17H,3,7-9,12-14,16H2,1-2H3. The van der Waals surface area contributed by atoms with Crippen molar-refractivity contribution in [1.82, 2.24) is 14.5 Å². The van der Waals surface area contributed by atoms with Crippen LogP contribution in [0.2, 0.25) is 0 Å². The van der Waals surface area contributed by atoms with Gasteiger partial charge in [-0.1, -0.05) is 43.7 Å². The van der Waals surface area contributed by atoms with Crippen LogP contribution in [0.25, 0.3) is 0 Å². The molecule has 0 spiro atoms. The molecule has 1 atom stereocenters. The third-order valence-corrected chi connectivity index (χ3v) is 6.97. The Morgan fingerprint density at radius 3 is 2.65 bits per heavy atom. The highest BCUT2D eigenvalue weighted by Gasteiger charge is 2.24. The van der Waals surface area contributed by atoms with E-state index in [-0.39, 0.29) is 10.9 Å². The summed E-state index contributed by atoms with van der Waals surface area (Å²) in [7, 11) is -3.33. The number of hydrogen-bond donors (Lipinski definition) is 0. The second-order valence-electron chi connectivity index (χ2n) is 7.14. The Morgan fingerprint density at radius 2 is 1.96 bits per heavy atom. The first-order valence-electron chi connectivity index (χ1n) is 9.56. The molecular weight excluding hydrogens is 346 g/mol. The molecular formula is C20H29N3O2S. The Morgan fingerprint density at radius 1 is 1.19 bits per heavy atom. The molecule has 1 saturated heterocycles. The molecule has 1 aromatic heterocycles. The van der Waals surface area contributed by atoms with E-state index in [4.69, 9.17) is 0 Å². The molecule has 1 aliphatic rings. The van der Waals surface area contributed by atoms with E-state index in [1.807, 2.05) is 22.8 Å². The zero-order valence-corrected chi connectivity index (χ0v) is 16.6. The van der Waals surface area contributed by atoms with Gasteiger partial charge in [0.1, 0.15) is 0 Å². The third kappa shape index (κ3) is 4.35. The van der Waals surface area contributed by atoms with Gasteiger partial charge in [0.15, 0.2) is 0 Å². The molecule has 1 aromatic carbocycles. The molecule has 1 fully saturated rings. The van der Waals surface area contributed by atoms with Gasteiger partial charge >= 0.3 is 0 Å². The molecule has 6 heteroatoms. The Hall–Kier alpha value is -1.66. The smallest absolute Gasteiger partial charge is 0.227 e. The van der Waals surface area contributed by atoms with E-state index < -0.39 is 9.84 Å². The molecule has 0 aliphatic carbocycles. The number of aromatic nitrogens is 2. The first-order valence-corrected chi connectivity index (χ1v) is 11.2. The molecule has 0 bridgehead atoms. The third-order valence-electron chi connectivity index (χ3n) is 5.33. The molecule has 1 aliphatic heterocycles. The first kappa shape index (κ1) is 19.1. The largest absolute Gasteiger partial charge is 0.317 e. The fourth-order valence-electron chi connectivity index (χ4n) is 3.62. The number of imidazole rings is 1. The van der Waals surface area contributed by atoms with Crippen molar-refractivity contribution < 1.29 is 8.42 Å². The highest BCUT2D eigenvalue weighted by Crippen LogP contribution is 2.21. The number of piperidine rings is 1. The number of benzene rings is 1. The Labute approximate surface area is 157 Å². The summed E-state index contributed by atoms with van der Waals surface area (Å²) in [6.07, 6.45) is 6.25. The molecule has 26 heavy (non-hydrogen) atoms. The predicted molar refractivity (Wildman–Crippen MR) is 104 cm³/mol. The van der Waals surface area contributed by atoms with Gasteiger partial charge in [-0.25, -0.2) is 13.4 Å². The van der Waals surface area contributed by atoms with E-state index in [1.54, 1.807) is 13.1 Å². The van der Waals surface area contributed by atoms with Crippen LogP contribution in [-0.4, -0.2) is 41.2 Å². The van der Waals surface area contributed by atoms with E-state index in [2.05, 4.69) is 28.9 Å². The summed E-state index contributed by atoms with van der Waals surface area (Å²) >= 11 is 0. The van der Waals surface area contributed by atoms with Crippen LogP contribution in [0, 0.1) is 0 Å². The number of nitrogens with zero attached hydrogens (tertiary/aromatic N) is 3. The van der Waals surface area contributed by atoms with Gasteiger partial charge in [-0.2, -0.15) is 0 Å². The summed E-state index contributed by atoms with van der Waals surface area (Å²) in [4.78, 5) is 6.76. The van der Waals surface area contributed by atoms with Crippen LogP contribution in [0.3, 0.4) is 0 Å². The van der Waals surface area contributed by atoms with Gasteiger partial charge in [0.2, 0.25) is 15.0 Å². The van der Waals surface area contributed by atoms with Crippen LogP contribution < -0.4 is 0 Å². The Kier molecular flexibility index (Phi) is 6.14. The van der Waals surface area contributed by atoms with Crippen molar-refractivity contribution in [2.45, 2.75) is 63.8 Å². The fraction of sp³-hybridized carbons (Fsp3) is 0.550. The van der Waals surface area contributed by atoms with Gasteiger partial charge in [0.05, 0.1) is 17.6 Å². The maximum atomic E-state index is 12.5. The lowest BCUT2D eigenvalue weighted by Gasteiger charge is -2.33. The van der Waals surface area contributed by atoms with Crippen molar-refractivity contribution in [2.75, 3.05) is 12.3 Å². The zero-order valence-electron chi connectivity index (χ0n) is 15.8. The number of likely N-dealkylation sites (tertiary alicyclic amines) is 1. The molecule has 5 nitrogen and oxygen atoms in total. The highest BCUT2D eigenvalue weighted by atomic mass is 32.2. The minimum absolute atomic E-state index is 0.0783. The highest BCUT2D eigenvalue weighted by molar-refractivity contribution is 7.91. The SMILES string of the molecule is CCS(=O)(=O)c1ncc(CN2CCCCC2C)n1CCc1ccccc1. The lowest BCUT2D eigenvalue weighted by molar-refractivity contribution is 0.148. The van der Waals surface area contributed by atoms with E-state index in [1.165, 1.54) is 24.8 Å². The minimum Gasteiger partial charge on any atom is -0.317 e. The van der Waals surface area contributed by atoms with Crippen LogP contribution >= 0.6 is 0 Å². The molecule has 3 rings (SSSR count). The molecule has 1 unspecified atom stereocenters. The molecule has 2 aromatic rings. The second kappa shape index (κ2) is 8.35. The van der Waals surface area contributed by atoms with Crippen molar-refractivity contribution in [1.29, 1.82) is 0 Å². The van der Waals surface area contributed by atoms with Gasteiger partial charge in [0.25, 0.3) is 0 Å². The molecule has 0 N–H and O–H groups in total. The molecule has 2 heterocycles. The summed E-state index contributed by atoms with van der Waals surface area (Å²) in [6, 6.07) is 10.7. The predicted octanol–water partition coefficient (Wildman–Crippen LogP) is 3.29. The Bertz CT molecular complexity index is 815. The Balaban J connectivity index is 1.86. The lowest BCUT2D eigenvalue weighted by Crippen LogP contribution is -2.37. The average Bonchev–Trinajstić information content (AvgIpc) is 3.06. The van der Waals surface area contributed by atoms with Gasteiger partial charge in [-0.05, 0) is 38.3 Å². The summed E-state index contributed by atoms with van der Waals surface area (Å²) in [5.41, 5.74) is 2.21. The maximum absolute atomic E-state index is 12.5. The van der Waals surface area contributed by atoms with E-state index in [0.717, 1.165) is 25.2 Å². The quantitative estimate of drug-likeness (QED) is 0.745. The van der Waals surface area contributed by atoms with Crippen molar-refractivity contribution in [2.24, 2.45) is 0 Å². The van der Waals surface area contributed by atoms with E-state index >= 15 is 0 Å². The van der Waals surface area contributed by atoms with Crippen LogP contribution in [0.4, 0.5) is 0 Å². The van der Waals surface area contributed by atoms with E-state index in [0.29, 0.717) is 12.6 Å². The summed E-state index contributed by atoms with van der Waals surface area (Å²) in [5, 5.41) is 0.218. The maximum Gasteiger partial charge on any atom is 0.227 e. The fourth-order valence-corrected chi connectivity index (χ4v) is 4.64. The van der Waals surface area contributed by atoms with Crippen molar-refractivity contribution >= 4 is 9.84 Å². The number of rotatable bonds is 7. The average molecular weight is 376 g/mol. The summed E-state index contributed by atoms with van der Waals surface area (Å²) < 4.78 is 26.9. The summed E-state index contributed by atoms with van der Waals surface area (Å²) in [5.74, 6) is 0.0783. The molecule has 0 amide bonds. The molecule has 142 valence electrons. The van der Waals surface area contributed by atoms with Crippen LogP contribution in [0.15, 0.2) is 41.7 Å². The van der Waals surface area contributed by atoms with Crippen LogP contribution in [-0.2, 0) is 29.3 Å². The zero-order chi connectivity index (χ0) is 18.6. The number of aryl methyl sites for hydroxylation is 1. The normalized spacial score (nSPS) is 18.9. The lowest BCUT2D eigenvalue weighted by atomic mass is 10.0. The van der Waals surface area contributed by atoms with Crippen LogP contribution in [0.1, 0.15) is 44.4 Å². The van der Waals surface area contributed by atoms with Crippen molar-refractivity contribution in [3.8, 4) is 0 Å². The van der Waals surface area contributed by atoms with Gasteiger partial charge < -0.3 is 4.57 Å². The monoisotopic (exact) mass is 375 g/mol. The number of hydrogen-bond acceptors (Lipinski definition) is 4. The van der Waals surface area contributed by atoms with Gasteiger partial charge in [-0.3, -0.25) is 4.90 Å². The van der Waals surface area contributed by atoms with Gasteiger partial charge in [0, 0.05) is 19.1 Å². The summed E-state index contributed by atoms with van der Waals surface area (Å²) in [6.45, 7) is 6.41. The molecule has 0 saturated carbocycles. The molecule has 0 radical (unpaired) electrons. The van der Waals surface area contributed by atoms with Crippen molar-refractivity contribution in [3.05, 3.63) is 47.8 Å². The van der Waals surface area contributed by atoms with Crippen molar-refractivity contribution in [3.63, 3.8) is 0 Å². The first-order chi connectivity index (χ1) is 12.5. The van der Waals surface area contributed by atoms with Crippen LogP contribution in [0.5, 0.6) is 0 Å².